The highest BCUT2D eigenvalue weighted by molar-refractivity contribution is 5.44. The molecule has 0 amide bonds. The van der Waals surface area contributed by atoms with Gasteiger partial charge in [-0.15, -0.1) is 0 Å². The first-order valence-electron chi connectivity index (χ1n) is 6.73. The van der Waals surface area contributed by atoms with Gasteiger partial charge in [0.15, 0.2) is 0 Å². The van der Waals surface area contributed by atoms with Gasteiger partial charge in [0.05, 0.1) is 0 Å². The van der Waals surface area contributed by atoms with Crippen molar-refractivity contribution >= 4 is 5.82 Å². The molecule has 2 rings (SSSR count). The third kappa shape index (κ3) is 3.00. The van der Waals surface area contributed by atoms with Crippen molar-refractivity contribution in [1.29, 1.82) is 0 Å². The molecule has 1 aliphatic rings. The summed E-state index contributed by atoms with van der Waals surface area (Å²) in [5, 5.41) is 0. The zero-order valence-electron chi connectivity index (χ0n) is 11.7. The Balaban J connectivity index is 2.26. The number of aryl methyl sites for hydroxylation is 1. The highest BCUT2D eigenvalue weighted by Crippen LogP contribution is 2.20. The Hall–Kier alpha value is -1.13. The number of rotatable bonds is 2. The number of anilines is 1. The van der Waals surface area contributed by atoms with E-state index >= 15 is 0 Å². The van der Waals surface area contributed by atoms with Crippen LogP contribution in [0.3, 0.4) is 0 Å². The molecule has 1 aliphatic heterocycles. The number of likely N-dealkylation sites (N-methyl/N-ethyl adjacent to an activating group) is 1. The van der Waals surface area contributed by atoms with Crippen LogP contribution in [0.2, 0.25) is 0 Å². The number of pyridine rings is 1. The Bertz CT molecular complexity index is 405. The monoisotopic (exact) mass is 248 g/mol. The minimum Gasteiger partial charge on any atom is -0.353 e. The van der Waals surface area contributed by atoms with Crippen LogP contribution in [0, 0.1) is 6.92 Å². The van der Waals surface area contributed by atoms with Gasteiger partial charge in [-0.25, -0.2) is 4.98 Å². The van der Waals surface area contributed by atoms with Gasteiger partial charge in [-0.3, -0.25) is 0 Å². The zero-order chi connectivity index (χ0) is 13.1. The van der Waals surface area contributed by atoms with E-state index in [1.807, 2.05) is 6.92 Å². The molecule has 0 saturated carbocycles. The lowest BCUT2D eigenvalue weighted by molar-refractivity contribution is 0.337. The summed E-state index contributed by atoms with van der Waals surface area (Å²) in [5.41, 5.74) is 7.97. The molecule has 4 heteroatoms. The van der Waals surface area contributed by atoms with E-state index in [4.69, 9.17) is 5.73 Å². The fourth-order valence-corrected chi connectivity index (χ4v) is 2.70. The molecule has 18 heavy (non-hydrogen) atoms. The Morgan fingerprint density at radius 1 is 1.39 bits per heavy atom. The van der Waals surface area contributed by atoms with Gasteiger partial charge in [-0.05, 0) is 51.6 Å². The lowest BCUT2D eigenvalue weighted by Gasteiger charge is -2.29. The predicted octanol–water partition coefficient (Wildman–Crippen LogP) is 1.38. The zero-order valence-corrected chi connectivity index (χ0v) is 11.7. The topological polar surface area (TPSA) is 45.4 Å². The largest absolute Gasteiger partial charge is 0.353 e. The first-order chi connectivity index (χ1) is 8.60. The van der Waals surface area contributed by atoms with E-state index < -0.39 is 0 Å². The van der Waals surface area contributed by atoms with Crippen LogP contribution in [-0.4, -0.2) is 42.6 Å². The first-order valence-corrected chi connectivity index (χ1v) is 6.73. The average molecular weight is 248 g/mol. The van der Waals surface area contributed by atoms with Crippen molar-refractivity contribution in [2.75, 3.05) is 31.6 Å². The van der Waals surface area contributed by atoms with Gasteiger partial charge in [0.2, 0.25) is 0 Å². The maximum Gasteiger partial charge on any atom is 0.129 e. The van der Waals surface area contributed by atoms with Crippen molar-refractivity contribution in [3.63, 3.8) is 0 Å². The summed E-state index contributed by atoms with van der Waals surface area (Å²) in [7, 11) is 2.19. The highest BCUT2D eigenvalue weighted by Gasteiger charge is 2.21. The Morgan fingerprint density at radius 3 is 2.89 bits per heavy atom. The van der Waals surface area contributed by atoms with Gasteiger partial charge in [0, 0.05) is 31.4 Å². The van der Waals surface area contributed by atoms with Crippen LogP contribution in [0.1, 0.15) is 24.6 Å². The normalized spacial score (nSPS) is 22.0. The van der Waals surface area contributed by atoms with Crippen LogP contribution < -0.4 is 10.6 Å². The number of nitrogens with two attached hydrogens (primary N) is 1. The quantitative estimate of drug-likeness (QED) is 0.859. The average Bonchev–Trinajstić information content (AvgIpc) is 2.49. The van der Waals surface area contributed by atoms with Gasteiger partial charge in [-0.2, -0.15) is 0 Å². The predicted molar refractivity (Wildman–Crippen MR) is 75.8 cm³/mol. The van der Waals surface area contributed by atoms with Gasteiger partial charge in [-0.1, -0.05) is 0 Å². The van der Waals surface area contributed by atoms with E-state index in [0.29, 0.717) is 12.6 Å². The summed E-state index contributed by atoms with van der Waals surface area (Å²) in [6.07, 6.45) is 1.19. The smallest absolute Gasteiger partial charge is 0.129 e. The molecule has 100 valence electrons. The van der Waals surface area contributed by atoms with Crippen molar-refractivity contribution in [2.45, 2.75) is 32.9 Å². The minimum absolute atomic E-state index is 0.498. The molecule has 2 N–H and O–H groups in total. The van der Waals surface area contributed by atoms with Crippen LogP contribution in [0.25, 0.3) is 0 Å². The molecule has 0 aliphatic carbocycles. The van der Waals surface area contributed by atoms with Gasteiger partial charge in [0.25, 0.3) is 0 Å². The van der Waals surface area contributed by atoms with Crippen LogP contribution in [-0.2, 0) is 6.54 Å². The van der Waals surface area contributed by atoms with Crippen LogP contribution in [0.5, 0.6) is 0 Å². The van der Waals surface area contributed by atoms with E-state index in [1.165, 1.54) is 12.0 Å². The van der Waals surface area contributed by atoms with E-state index in [1.54, 1.807) is 0 Å². The fraction of sp³-hybridized carbons (Fsp3) is 0.643. The SMILES string of the molecule is Cc1cc(CN)cc(N2CCCN(C)CC2C)n1. The van der Waals surface area contributed by atoms with E-state index in [-0.39, 0.29) is 0 Å². The molecule has 4 nitrogen and oxygen atoms in total. The van der Waals surface area contributed by atoms with Gasteiger partial charge >= 0.3 is 0 Å². The molecular formula is C14H24N4. The number of hydrogen-bond acceptors (Lipinski definition) is 4. The third-order valence-corrected chi connectivity index (χ3v) is 3.58. The summed E-state index contributed by atoms with van der Waals surface area (Å²) in [5.74, 6) is 1.08. The molecule has 1 fully saturated rings. The maximum atomic E-state index is 5.75. The molecule has 0 spiro atoms. The van der Waals surface area contributed by atoms with Crippen molar-refractivity contribution < 1.29 is 0 Å². The van der Waals surface area contributed by atoms with Crippen LogP contribution >= 0.6 is 0 Å². The molecular weight excluding hydrogens is 224 g/mol. The fourth-order valence-electron chi connectivity index (χ4n) is 2.70. The molecule has 0 radical (unpaired) electrons. The molecule has 0 aromatic carbocycles. The summed E-state index contributed by atoms with van der Waals surface area (Å²) in [4.78, 5) is 9.48. The summed E-state index contributed by atoms with van der Waals surface area (Å²) in [6.45, 7) is 8.22. The number of hydrogen-bond donors (Lipinski definition) is 1. The van der Waals surface area contributed by atoms with E-state index in [0.717, 1.165) is 31.1 Å². The van der Waals surface area contributed by atoms with Crippen LogP contribution in [0.15, 0.2) is 12.1 Å². The molecule has 1 saturated heterocycles. The molecule has 0 bridgehead atoms. The van der Waals surface area contributed by atoms with E-state index in [2.05, 4.69) is 40.9 Å². The van der Waals surface area contributed by atoms with Crippen molar-refractivity contribution in [3.05, 3.63) is 23.4 Å². The molecule has 1 aromatic heterocycles. The Labute approximate surface area is 110 Å². The second-order valence-electron chi connectivity index (χ2n) is 5.34. The third-order valence-electron chi connectivity index (χ3n) is 3.58. The van der Waals surface area contributed by atoms with Gasteiger partial charge in [0.1, 0.15) is 5.82 Å². The molecule has 2 heterocycles. The summed E-state index contributed by atoms with van der Waals surface area (Å²) < 4.78 is 0. The van der Waals surface area contributed by atoms with Crippen molar-refractivity contribution in [1.82, 2.24) is 9.88 Å². The van der Waals surface area contributed by atoms with Gasteiger partial charge < -0.3 is 15.5 Å². The second-order valence-corrected chi connectivity index (χ2v) is 5.34. The lowest BCUT2D eigenvalue weighted by Crippen LogP contribution is -2.38. The molecule has 1 aromatic rings. The lowest BCUT2D eigenvalue weighted by atomic mass is 10.2. The standard InChI is InChI=1S/C14H24N4/c1-11-7-13(9-15)8-14(16-11)18-6-4-5-17(3)10-12(18)2/h7-8,12H,4-6,9-10,15H2,1-3H3. The Morgan fingerprint density at radius 2 is 2.17 bits per heavy atom. The number of nitrogens with zero attached hydrogens (tertiary/aromatic N) is 3. The summed E-state index contributed by atoms with van der Waals surface area (Å²) in [6, 6.07) is 4.70. The first kappa shape index (κ1) is 13.3. The summed E-state index contributed by atoms with van der Waals surface area (Å²) >= 11 is 0. The van der Waals surface area contributed by atoms with Crippen molar-refractivity contribution in [3.8, 4) is 0 Å². The Kier molecular flexibility index (Phi) is 4.19. The molecule has 1 unspecified atom stereocenters. The van der Waals surface area contributed by atoms with Crippen molar-refractivity contribution in [2.24, 2.45) is 5.73 Å². The number of aromatic nitrogens is 1. The maximum absolute atomic E-state index is 5.75. The minimum atomic E-state index is 0.498. The molecule has 1 atom stereocenters. The van der Waals surface area contributed by atoms with E-state index in [9.17, 15) is 0 Å². The van der Waals surface area contributed by atoms with Crippen LogP contribution in [0.4, 0.5) is 5.82 Å². The second kappa shape index (κ2) is 5.67. The highest BCUT2D eigenvalue weighted by atomic mass is 15.3.